The highest BCUT2D eigenvalue weighted by Crippen LogP contribution is 2.53. The van der Waals surface area contributed by atoms with Crippen molar-refractivity contribution in [2.75, 3.05) is 25.1 Å². The highest BCUT2D eigenvalue weighted by Gasteiger charge is 2.55. The van der Waals surface area contributed by atoms with E-state index in [1.54, 1.807) is 6.20 Å². The van der Waals surface area contributed by atoms with Crippen LogP contribution in [0.2, 0.25) is 0 Å². The van der Waals surface area contributed by atoms with Crippen molar-refractivity contribution < 1.29 is 19.4 Å². The van der Waals surface area contributed by atoms with E-state index >= 15 is 0 Å². The van der Waals surface area contributed by atoms with Crippen LogP contribution >= 0.6 is 0 Å². The van der Waals surface area contributed by atoms with Crippen LogP contribution in [0, 0.1) is 0 Å². The summed E-state index contributed by atoms with van der Waals surface area (Å²) < 4.78 is 5.71. The van der Waals surface area contributed by atoms with Gasteiger partial charge in [-0.15, -0.1) is 0 Å². The third kappa shape index (κ3) is 5.69. The average molecular weight is 493 g/mol. The quantitative estimate of drug-likeness (QED) is 0.365. The van der Waals surface area contributed by atoms with Crippen LogP contribution in [0.3, 0.4) is 0 Å². The van der Waals surface area contributed by atoms with Crippen LogP contribution in [-0.2, 0) is 32.6 Å². The largest absolute Gasteiger partial charge is 0.480 e. The summed E-state index contributed by atoms with van der Waals surface area (Å²) in [5, 5.41) is 15.8. The second-order valence-electron chi connectivity index (χ2n) is 10.4. The molecule has 1 aliphatic heterocycles. The number of aryl methyl sites for hydroxylation is 2. The number of amides is 1. The molecule has 36 heavy (non-hydrogen) atoms. The second-order valence-corrected chi connectivity index (χ2v) is 10.4. The molecule has 2 aliphatic carbocycles. The van der Waals surface area contributed by atoms with Gasteiger partial charge in [0.15, 0.2) is 0 Å². The predicted molar refractivity (Wildman–Crippen MR) is 136 cm³/mol. The molecule has 3 N–H and O–H groups in total. The molecule has 2 aromatic heterocycles. The Labute approximate surface area is 212 Å². The van der Waals surface area contributed by atoms with E-state index in [-0.39, 0.29) is 12.3 Å². The molecule has 8 nitrogen and oxygen atoms in total. The summed E-state index contributed by atoms with van der Waals surface area (Å²) in [4.78, 5) is 34.3. The molecule has 0 spiro atoms. The zero-order valence-electron chi connectivity index (χ0n) is 20.8. The molecular weight excluding hydrogens is 456 g/mol. The Kier molecular flexibility index (Phi) is 7.51. The minimum Gasteiger partial charge on any atom is -0.480 e. The van der Waals surface area contributed by atoms with E-state index in [1.165, 1.54) is 5.56 Å². The lowest BCUT2D eigenvalue weighted by Crippen LogP contribution is -2.46. The van der Waals surface area contributed by atoms with E-state index in [9.17, 15) is 14.7 Å². The Hall–Kier alpha value is -3.00. The summed E-state index contributed by atoms with van der Waals surface area (Å²) in [6.45, 7) is 1.84. The van der Waals surface area contributed by atoms with Crippen LogP contribution in [0.15, 0.2) is 30.5 Å². The minimum atomic E-state index is -1.03. The molecule has 0 radical (unpaired) electrons. The summed E-state index contributed by atoms with van der Waals surface area (Å²) in [7, 11) is 0. The van der Waals surface area contributed by atoms with Gasteiger partial charge in [0.25, 0.3) is 0 Å². The number of aromatic nitrogens is 2. The lowest BCUT2D eigenvalue weighted by atomic mass is 9.93. The highest BCUT2D eigenvalue weighted by atomic mass is 16.5. The molecule has 1 amide bonds. The van der Waals surface area contributed by atoms with Gasteiger partial charge in [-0.2, -0.15) is 0 Å². The number of carbonyl (C=O) groups excluding carboxylic acids is 1. The maximum absolute atomic E-state index is 13.2. The first-order valence-corrected chi connectivity index (χ1v) is 13.4. The first-order valence-electron chi connectivity index (χ1n) is 13.4. The van der Waals surface area contributed by atoms with E-state index in [1.807, 2.05) is 6.07 Å². The van der Waals surface area contributed by atoms with Crippen molar-refractivity contribution in [3.8, 4) is 0 Å². The standard InChI is InChI=1S/C28H36N4O4/c33-26(34)23(32-27(35)28(13-14-28)24-22(19-8-9-19)7-4-15-29-24)12-18-36-17-2-1-6-21-11-10-20-5-3-16-30-25(20)31-21/h4,7,10-11,15,19,23H,1-3,5-6,8-9,12-14,16-18H2,(H,30,31)(H,32,35)(H,33,34)/t23-/m0/s1. The third-order valence-electron chi connectivity index (χ3n) is 7.57. The van der Waals surface area contributed by atoms with Gasteiger partial charge in [-0.3, -0.25) is 9.78 Å². The Bertz CT molecular complexity index is 1100. The number of fused-ring (bicyclic) bond motifs is 1. The Balaban J connectivity index is 1.04. The number of carbonyl (C=O) groups is 2. The van der Waals surface area contributed by atoms with Crippen molar-refractivity contribution in [3.05, 3.63) is 53.0 Å². The molecule has 2 fully saturated rings. The van der Waals surface area contributed by atoms with E-state index in [4.69, 9.17) is 9.72 Å². The highest BCUT2D eigenvalue weighted by molar-refractivity contribution is 5.94. The summed E-state index contributed by atoms with van der Waals surface area (Å²) in [5.41, 5.74) is 3.71. The van der Waals surface area contributed by atoms with Crippen LogP contribution in [0.25, 0.3) is 0 Å². The average Bonchev–Trinajstić information content (AvgIpc) is 3.81. The summed E-state index contributed by atoms with van der Waals surface area (Å²) >= 11 is 0. The topological polar surface area (TPSA) is 113 Å². The van der Waals surface area contributed by atoms with E-state index < -0.39 is 17.4 Å². The van der Waals surface area contributed by atoms with Gasteiger partial charge < -0.3 is 20.5 Å². The number of aliphatic carboxylic acids is 1. The molecule has 2 aromatic rings. The van der Waals surface area contributed by atoms with Crippen LogP contribution in [-0.4, -0.2) is 52.8 Å². The number of nitrogens with one attached hydrogen (secondary N) is 2. The van der Waals surface area contributed by atoms with Crippen LogP contribution in [0.4, 0.5) is 5.82 Å². The van der Waals surface area contributed by atoms with Gasteiger partial charge in [-0.05, 0) is 87.0 Å². The Morgan fingerprint density at radius 2 is 2.06 bits per heavy atom. The fraction of sp³-hybridized carbons (Fsp3) is 0.571. The van der Waals surface area contributed by atoms with Crippen LogP contribution in [0.1, 0.15) is 79.8 Å². The third-order valence-corrected chi connectivity index (χ3v) is 7.57. The van der Waals surface area contributed by atoms with E-state index in [2.05, 4.69) is 33.8 Å². The van der Waals surface area contributed by atoms with Gasteiger partial charge >= 0.3 is 5.97 Å². The van der Waals surface area contributed by atoms with Gasteiger partial charge in [-0.25, -0.2) is 9.78 Å². The van der Waals surface area contributed by atoms with Crippen LogP contribution < -0.4 is 10.6 Å². The number of unbranched alkanes of at least 4 members (excludes halogenated alkanes) is 1. The Morgan fingerprint density at radius 3 is 2.83 bits per heavy atom. The van der Waals surface area contributed by atoms with E-state index in [0.29, 0.717) is 32.0 Å². The number of carboxylic acid groups (broad SMARTS) is 1. The zero-order chi connectivity index (χ0) is 25.0. The molecule has 3 heterocycles. The first-order chi connectivity index (χ1) is 17.6. The predicted octanol–water partition coefficient (Wildman–Crippen LogP) is 3.74. The van der Waals surface area contributed by atoms with Gasteiger partial charge in [0.05, 0.1) is 11.1 Å². The lowest BCUT2D eigenvalue weighted by molar-refractivity contribution is -0.142. The monoisotopic (exact) mass is 492 g/mol. The molecule has 0 saturated heterocycles. The number of anilines is 1. The summed E-state index contributed by atoms with van der Waals surface area (Å²) in [6.07, 6.45) is 10.6. The van der Waals surface area contributed by atoms with Crippen molar-refractivity contribution in [3.63, 3.8) is 0 Å². The van der Waals surface area contributed by atoms with Gasteiger partial charge in [0, 0.05) is 38.1 Å². The molecule has 2 saturated carbocycles. The maximum Gasteiger partial charge on any atom is 0.326 e. The van der Waals surface area contributed by atoms with Crippen molar-refractivity contribution in [1.29, 1.82) is 0 Å². The molecule has 1 atom stereocenters. The van der Waals surface area contributed by atoms with Crippen molar-refractivity contribution in [2.24, 2.45) is 0 Å². The molecule has 5 rings (SSSR count). The van der Waals surface area contributed by atoms with E-state index in [0.717, 1.165) is 74.3 Å². The number of nitrogens with zero attached hydrogens (tertiary/aromatic N) is 2. The zero-order valence-corrected chi connectivity index (χ0v) is 20.8. The number of ether oxygens (including phenoxy) is 1. The molecule has 0 unspecified atom stereocenters. The first kappa shape index (κ1) is 24.7. The molecular formula is C28H36N4O4. The minimum absolute atomic E-state index is 0.220. The molecule has 8 heteroatoms. The lowest BCUT2D eigenvalue weighted by Gasteiger charge is -2.21. The van der Waals surface area contributed by atoms with Crippen LogP contribution in [0.5, 0.6) is 0 Å². The number of hydrogen-bond donors (Lipinski definition) is 3. The fourth-order valence-corrected chi connectivity index (χ4v) is 5.11. The fourth-order valence-electron chi connectivity index (χ4n) is 5.11. The van der Waals surface area contributed by atoms with Gasteiger partial charge in [-0.1, -0.05) is 12.1 Å². The molecule has 0 bridgehead atoms. The number of hydrogen-bond acceptors (Lipinski definition) is 6. The summed E-state index contributed by atoms with van der Waals surface area (Å²) in [5.74, 6) is 0.264. The molecule has 192 valence electrons. The van der Waals surface area contributed by atoms with Gasteiger partial charge in [0.1, 0.15) is 11.9 Å². The Morgan fingerprint density at radius 1 is 1.19 bits per heavy atom. The SMILES string of the molecule is O=C(O)[C@H](CCOCCCCc1ccc2c(n1)NCCC2)NC(=O)C1(c2ncccc2C2CC2)CC1. The number of pyridine rings is 2. The molecule has 3 aliphatic rings. The normalized spacial score (nSPS) is 18.6. The smallest absolute Gasteiger partial charge is 0.326 e. The second kappa shape index (κ2) is 10.9. The summed E-state index contributed by atoms with van der Waals surface area (Å²) in [6, 6.07) is 7.30. The molecule has 0 aromatic carbocycles. The maximum atomic E-state index is 13.2. The number of carboxylic acids is 1. The van der Waals surface area contributed by atoms with Gasteiger partial charge in [0.2, 0.25) is 5.91 Å². The van der Waals surface area contributed by atoms with Crippen molar-refractivity contribution >= 4 is 17.7 Å². The van der Waals surface area contributed by atoms with Crippen molar-refractivity contribution in [2.45, 2.75) is 81.6 Å². The van der Waals surface area contributed by atoms with Crippen molar-refractivity contribution in [1.82, 2.24) is 15.3 Å². The number of rotatable bonds is 13.